The Balaban J connectivity index is 1.85. The number of nitrogens with one attached hydrogen (secondary N) is 2. The Hall–Kier alpha value is -3.39. The van der Waals surface area contributed by atoms with E-state index in [1.807, 2.05) is 26.0 Å². The van der Waals surface area contributed by atoms with E-state index in [4.69, 9.17) is 0 Å². The quantitative estimate of drug-likeness (QED) is 0.634. The molecule has 7 nitrogen and oxygen atoms in total. The fourth-order valence-electron chi connectivity index (χ4n) is 2.91. The second kappa shape index (κ2) is 8.54. The van der Waals surface area contributed by atoms with Gasteiger partial charge in [0.2, 0.25) is 5.91 Å². The highest BCUT2D eigenvalue weighted by molar-refractivity contribution is 7.92. The van der Waals surface area contributed by atoms with Gasteiger partial charge >= 0.3 is 0 Å². The van der Waals surface area contributed by atoms with Gasteiger partial charge in [-0.1, -0.05) is 35.9 Å². The van der Waals surface area contributed by atoms with Crippen LogP contribution in [0.2, 0.25) is 0 Å². The van der Waals surface area contributed by atoms with Crippen LogP contribution in [0.4, 0.5) is 11.4 Å². The third kappa shape index (κ3) is 4.77. The predicted octanol–water partition coefficient (Wildman–Crippen LogP) is 3.21. The second-order valence-electron chi connectivity index (χ2n) is 7.06. The van der Waals surface area contributed by atoms with Gasteiger partial charge in [-0.05, 0) is 56.7 Å². The summed E-state index contributed by atoms with van der Waals surface area (Å²) in [6.07, 6.45) is 0. The summed E-state index contributed by atoms with van der Waals surface area (Å²) in [5.41, 5.74) is 2.30. The maximum atomic E-state index is 12.9. The molecule has 0 fully saturated rings. The van der Waals surface area contributed by atoms with E-state index in [1.54, 1.807) is 37.3 Å². The summed E-state index contributed by atoms with van der Waals surface area (Å²) in [6.45, 7) is 5.16. The highest BCUT2D eigenvalue weighted by Gasteiger charge is 2.18. The number of aryl methyl sites for hydroxylation is 3. The Morgan fingerprint density at radius 3 is 2.23 bits per heavy atom. The van der Waals surface area contributed by atoms with Crippen LogP contribution in [-0.2, 0) is 21.4 Å². The van der Waals surface area contributed by atoms with Crippen LogP contribution in [-0.4, -0.2) is 18.9 Å². The Kier molecular flexibility index (Phi) is 6.07. The van der Waals surface area contributed by atoms with Crippen molar-refractivity contribution in [1.29, 1.82) is 0 Å². The van der Waals surface area contributed by atoms with Crippen LogP contribution in [0.15, 0.2) is 70.4 Å². The molecule has 1 aromatic heterocycles. The van der Waals surface area contributed by atoms with E-state index in [-0.39, 0.29) is 23.0 Å². The van der Waals surface area contributed by atoms with Crippen LogP contribution in [0.1, 0.15) is 16.8 Å². The zero-order valence-electron chi connectivity index (χ0n) is 17.0. The van der Waals surface area contributed by atoms with Gasteiger partial charge in [-0.3, -0.25) is 14.3 Å². The molecule has 0 unspecified atom stereocenters. The number of hydrogen-bond donors (Lipinski definition) is 2. The largest absolute Gasteiger partial charge is 0.324 e. The van der Waals surface area contributed by atoms with Crippen molar-refractivity contribution < 1.29 is 13.2 Å². The number of rotatable bonds is 6. The van der Waals surface area contributed by atoms with Crippen molar-refractivity contribution in [3.05, 3.63) is 87.8 Å². The first kappa shape index (κ1) is 21.3. The molecule has 0 radical (unpaired) electrons. The minimum atomic E-state index is -3.93. The van der Waals surface area contributed by atoms with Crippen molar-refractivity contribution >= 4 is 27.3 Å². The van der Waals surface area contributed by atoms with E-state index in [2.05, 4.69) is 10.0 Å². The first-order chi connectivity index (χ1) is 14.2. The average molecular weight is 426 g/mol. The molecule has 3 aromatic rings. The van der Waals surface area contributed by atoms with Crippen molar-refractivity contribution in [2.75, 3.05) is 10.0 Å². The number of aromatic nitrogens is 1. The number of pyridine rings is 1. The molecule has 30 heavy (non-hydrogen) atoms. The van der Waals surface area contributed by atoms with Crippen molar-refractivity contribution in [2.24, 2.45) is 0 Å². The SMILES string of the molecule is Cc1ccc(S(=O)(=O)Nc2ccc(C)n(CC(=O)Nc3ccccc3C)c2=O)cc1. The van der Waals surface area contributed by atoms with E-state index in [1.165, 1.54) is 22.8 Å². The summed E-state index contributed by atoms with van der Waals surface area (Å²) < 4.78 is 28.8. The Morgan fingerprint density at radius 2 is 1.57 bits per heavy atom. The van der Waals surface area contributed by atoms with Gasteiger partial charge in [0.25, 0.3) is 15.6 Å². The van der Waals surface area contributed by atoms with Gasteiger partial charge in [-0.15, -0.1) is 0 Å². The number of anilines is 2. The summed E-state index contributed by atoms with van der Waals surface area (Å²) in [4.78, 5) is 25.4. The minimum absolute atomic E-state index is 0.0527. The highest BCUT2D eigenvalue weighted by Crippen LogP contribution is 2.16. The van der Waals surface area contributed by atoms with Gasteiger partial charge in [0.15, 0.2) is 0 Å². The van der Waals surface area contributed by atoms with Gasteiger partial charge in [-0.2, -0.15) is 0 Å². The first-order valence-electron chi connectivity index (χ1n) is 9.33. The molecule has 3 rings (SSSR count). The molecule has 8 heteroatoms. The molecule has 0 spiro atoms. The fourth-order valence-corrected chi connectivity index (χ4v) is 3.97. The lowest BCUT2D eigenvalue weighted by Crippen LogP contribution is -2.31. The van der Waals surface area contributed by atoms with Crippen LogP contribution in [0, 0.1) is 20.8 Å². The monoisotopic (exact) mass is 425 g/mol. The molecule has 0 bridgehead atoms. The average Bonchev–Trinajstić information content (AvgIpc) is 2.69. The highest BCUT2D eigenvalue weighted by atomic mass is 32.2. The van der Waals surface area contributed by atoms with Gasteiger partial charge in [-0.25, -0.2) is 8.42 Å². The Labute approximate surface area is 175 Å². The normalized spacial score (nSPS) is 11.2. The van der Waals surface area contributed by atoms with Crippen molar-refractivity contribution in [3.63, 3.8) is 0 Å². The van der Waals surface area contributed by atoms with E-state index < -0.39 is 15.6 Å². The maximum absolute atomic E-state index is 12.9. The molecule has 0 saturated heterocycles. The summed E-state index contributed by atoms with van der Waals surface area (Å²) in [6, 6.07) is 16.6. The molecule has 2 N–H and O–H groups in total. The molecular weight excluding hydrogens is 402 g/mol. The lowest BCUT2D eigenvalue weighted by atomic mass is 10.2. The molecule has 0 aliphatic rings. The van der Waals surface area contributed by atoms with Crippen LogP contribution in [0.5, 0.6) is 0 Å². The number of sulfonamides is 1. The lowest BCUT2D eigenvalue weighted by Gasteiger charge is -2.14. The summed E-state index contributed by atoms with van der Waals surface area (Å²) in [5, 5.41) is 2.77. The third-order valence-electron chi connectivity index (χ3n) is 4.69. The number of carbonyl (C=O) groups excluding carboxylic acids is 1. The smallest absolute Gasteiger partial charge is 0.275 e. The van der Waals surface area contributed by atoms with E-state index in [9.17, 15) is 18.0 Å². The summed E-state index contributed by atoms with van der Waals surface area (Å²) in [7, 11) is -3.93. The van der Waals surface area contributed by atoms with Crippen molar-refractivity contribution in [2.45, 2.75) is 32.2 Å². The first-order valence-corrected chi connectivity index (χ1v) is 10.8. The van der Waals surface area contributed by atoms with Crippen LogP contribution in [0.3, 0.4) is 0 Å². The molecule has 0 atom stereocenters. The lowest BCUT2D eigenvalue weighted by molar-refractivity contribution is -0.116. The molecule has 0 aliphatic carbocycles. The summed E-state index contributed by atoms with van der Waals surface area (Å²) in [5.74, 6) is -0.381. The molecular formula is C22H23N3O4S. The van der Waals surface area contributed by atoms with Gasteiger partial charge in [0.1, 0.15) is 12.2 Å². The number of amides is 1. The number of para-hydroxylation sites is 1. The second-order valence-corrected chi connectivity index (χ2v) is 8.74. The number of benzene rings is 2. The van der Waals surface area contributed by atoms with Crippen molar-refractivity contribution in [1.82, 2.24) is 4.57 Å². The van der Waals surface area contributed by atoms with Gasteiger partial charge < -0.3 is 9.88 Å². The van der Waals surface area contributed by atoms with Crippen LogP contribution >= 0.6 is 0 Å². The van der Waals surface area contributed by atoms with E-state index in [0.717, 1.165) is 11.1 Å². The molecule has 0 aliphatic heterocycles. The zero-order valence-corrected chi connectivity index (χ0v) is 17.8. The molecule has 1 amide bonds. The van der Waals surface area contributed by atoms with E-state index >= 15 is 0 Å². The van der Waals surface area contributed by atoms with E-state index in [0.29, 0.717) is 11.4 Å². The third-order valence-corrected chi connectivity index (χ3v) is 6.07. The molecule has 1 heterocycles. The Bertz CT molecular complexity index is 1250. The van der Waals surface area contributed by atoms with Gasteiger partial charge in [0.05, 0.1) is 4.90 Å². The maximum Gasteiger partial charge on any atom is 0.275 e. The van der Waals surface area contributed by atoms with Gasteiger partial charge in [0, 0.05) is 11.4 Å². The minimum Gasteiger partial charge on any atom is -0.324 e. The molecule has 2 aromatic carbocycles. The molecule has 156 valence electrons. The zero-order chi connectivity index (χ0) is 21.9. The predicted molar refractivity (Wildman–Crippen MR) is 117 cm³/mol. The fraction of sp³-hybridized carbons (Fsp3) is 0.182. The summed E-state index contributed by atoms with van der Waals surface area (Å²) >= 11 is 0. The van der Waals surface area contributed by atoms with Crippen LogP contribution < -0.4 is 15.6 Å². The standard InChI is InChI=1S/C22H23N3O4S/c1-15-8-11-18(12-9-15)30(28,29)24-20-13-10-17(3)25(22(20)27)14-21(26)23-19-7-5-4-6-16(19)2/h4-13,24H,14H2,1-3H3,(H,23,26). The van der Waals surface area contributed by atoms with Crippen LogP contribution in [0.25, 0.3) is 0 Å². The Morgan fingerprint density at radius 1 is 0.900 bits per heavy atom. The number of carbonyl (C=O) groups is 1. The molecule has 0 saturated carbocycles. The number of hydrogen-bond acceptors (Lipinski definition) is 4. The van der Waals surface area contributed by atoms with Crippen molar-refractivity contribution in [3.8, 4) is 0 Å². The topological polar surface area (TPSA) is 97.3 Å². The number of nitrogens with zero attached hydrogens (tertiary/aromatic N) is 1.